The highest BCUT2D eigenvalue weighted by atomic mass is 35.5. The normalized spacial score (nSPS) is 12.6. The van der Waals surface area contributed by atoms with E-state index in [1.54, 1.807) is 0 Å². The Kier molecular flexibility index (Phi) is 5.22. The maximum absolute atomic E-state index is 11.8. The Bertz CT molecular complexity index is 387. The zero-order valence-electron chi connectivity index (χ0n) is 10.1. The number of nitrogens with one attached hydrogen (secondary N) is 1. The lowest BCUT2D eigenvalue weighted by molar-refractivity contribution is 0.0945. The minimum atomic E-state index is -0.177. The van der Waals surface area contributed by atoms with Crippen molar-refractivity contribution in [1.29, 1.82) is 0 Å². The molecule has 1 rings (SSSR count). The SMILES string of the molecule is CC(C)C(C)CNC(=O)c1cc(Cl)nc(Cl)c1. The van der Waals surface area contributed by atoms with Crippen LogP contribution < -0.4 is 5.32 Å². The van der Waals surface area contributed by atoms with Gasteiger partial charge in [0, 0.05) is 12.1 Å². The molecule has 1 aromatic rings. The zero-order valence-corrected chi connectivity index (χ0v) is 11.6. The molecule has 17 heavy (non-hydrogen) atoms. The number of rotatable bonds is 4. The smallest absolute Gasteiger partial charge is 0.251 e. The molecule has 1 heterocycles. The van der Waals surface area contributed by atoms with Crippen molar-refractivity contribution < 1.29 is 4.79 Å². The second-order valence-corrected chi connectivity index (χ2v) is 5.21. The summed E-state index contributed by atoms with van der Waals surface area (Å²) in [4.78, 5) is 15.6. The van der Waals surface area contributed by atoms with E-state index in [0.29, 0.717) is 23.9 Å². The molecule has 0 spiro atoms. The van der Waals surface area contributed by atoms with Crippen molar-refractivity contribution in [3.8, 4) is 0 Å². The van der Waals surface area contributed by atoms with Gasteiger partial charge in [0.2, 0.25) is 0 Å². The second-order valence-electron chi connectivity index (χ2n) is 4.43. The molecular formula is C12H16Cl2N2O. The second kappa shape index (κ2) is 6.22. The summed E-state index contributed by atoms with van der Waals surface area (Å²) in [6.45, 7) is 6.97. The van der Waals surface area contributed by atoms with E-state index in [4.69, 9.17) is 23.2 Å². The minimum Gasteiger partial charge on any atom is -0.352 e. The molecule has 0 aromatic carbocycles. The lowest BCUT2D eigenvalue weighted by atomic mass is 9.98. The van der Waals surface area contributed by atoms with Gasteiger partial charge in [-0.1, -0.05) is 44.0 Å². The largest absolute Gasteiger partial charge is 0.352 e. The highest BCUT2D eigenvalue weighted by molar-refractivity contribution is 6.33. The maximum Gasteiger partial charge on any atom is 0.251 e. The molecule has 0 aliphatic carbocycles. The van der Waals surface area contributed by atoms with Gasteiger partial charge < -0.3 is 5.32 Å². The van der Waals surface area contributed by atoms with Crippen molar-refractivity contribution in [1.82, 2.24) is 10.3 Å². The van der Waals surface area contributed by atoms with Gasteiger partial charge in [-0.2, -0.15) is 0 Å². The van der Waals surface area contributed by atoms with Gasteiger partial charge in [-0.3, -0.25) is 4.79 Å². The van der Waals surface area contributed by atoms with E-state index in [1.165, 1.54) is 12.1 Å². The van der Waals surface area contributed by atoms with E-state index in [2.05, 4.69) is 31.1 Å². The third-order valence-electron chi connectivity index (χ3n) is 2.75. The Morgan fingerprint density at radius 3 is 2.29 bits per heavy atom. The average molecular weight is 275 g/mol. The number of carbonyl (C=O) groups is 1. The van der Waals surface area contributed by atoms with Crippen LogP contribution in [0.4, 0.5) is 0 Å². The minimum absolute atomic E-state index is 0.177. The van der Waals surface area contributed by atoms with E-state index in [-0.39, 0.29) is 16.2 Å². The molecule has 1 aromatic heterocycles. The zero-order chi connectivity index (χ0) is 13.0. The summed E-state index contributed by atoms with van der Waals surface area (Å²) < 4.78 is 0. The van der Waals surface area contributed by atoms with Crippen LogP contribution in [0.5, 0.6) is 0 Å². The Labute approximate surface area is 112 Å². The number of amides is 1. The molecule has 94 valence electrons. The molecular weight excluding hydrogens is 259 g/mol. The van der Waals surface area contributed by atoms with Gasteiger partial charge in [-0.15, -0.1) is 0 Å². The molecule has 1 N–H and O–H groups in total. The molecule has 5 heteroatoms. The van der Waals surface area contributed by atoms with Crippen LogP contribution in [0.3, 0.4) is 0 Å². The van der Waals surface area contributed by atoms with E-state index in [1.807, 2.05) is 0 Å². The first kappa shape index (κ1) is 14.3. The summed E-state index contributed by atoms with van der Waals surface area (Å²) in [5, 5.41) is 3.29. The Morgan fingerprint density at radius 2 is 1.82 bits per heavy atom. The van der Waals surface area contributed by atoms with Crippen molar-refractivity contribution in [3.63, 3.8) is 0 Å². The van der Waals surface area contributed by atoms with Crippen LogP contribution in [0.25, 0.3) is 0 Å². The number of halogens is 2. The molecule has 0 radical (unpaired) electrons. The van der Waals surface area contributed by atoms with E-state index < -0.39 is 0 Å². The Hall–Kier alpha value is -0.800. The number of pyridine rings is 1. The standard InChI is InChI=1S/C12H16Cl2N2O/c1-7(2)8(3)6-15-12(17)9-4-10(13)16-11(14)5-9/h4-5,7-8H,6H2,1-3H3,(H,15,17). The highest BCUT2D eigenvalue weighted by Gasteiger charge is 2.11. The quantitative estimate of drug-likeness (QED) is 0.855. The summed E-state index contributed by atoms with van der Waals surface area (Å²) in [6, 6.07) is 3.01. The van der Waals surface area contributed by atoms with Crippen LogP contribution in [-0.4, -0.2) is 17.4 Å². The number of hydrogen-bond acceptors (Lipinski definition) is 2. The number of nitrogens with zero attached hydrogens (tertiary/aromatic N) is 1. The molecule has 0 aliphatic heterocycles. The fourth-order valence-electron chi connectivity index (χ4n) is 1.19. The molecule has 1 amide bonds. The van der Waals surface area contributed by atoms with Crippen LogP contribution >= 0.6 is 23.2 Å². The van der Waals surface area contributed by atoms with Crippen LogP contribution in [-0.2, 0) is 0 Å². The van der Waals surface area contributed by atoms with E-state index in [0.717, 1.165) is 0 Å². The molecule has 0 fully saturated rings. The first-order chi connectivity index (χ1) is 7.90. The van der Waals surface area contributed by atoms with Gasteiger partial charge in [0.25, 0.3) is 5.91 Å². The van der Waals surface area contributed by atoms with Gasteiger partial charge in [-0.25, -0.2) is 4.98 Å². The monoisotopic (exact) mass is 274 g/mol. The van der Waals surface area contributed by atoms with Crippen LogP contribution in [0.1, 0.15) is 31.1 Å². The molecule has 0 aliphatic rings. The number of aromatic nitrogens is 1. The molecule has 1 atom stereocenters. The van der Waals surface area contributed by atoms with Gasteiger partial charge >= 0.3 is 0 Å². The van der Waals surface area contributed by atoms with Gasteiger partial charge in [0.05, 0.1) is 0 Å². The average Bonchev–Trinajstić information content (AvgIpc) is 2.23. The summed E-state index contributed by atoms with van der Waals surface area (Å²) in [5.74, 6) is 0.773. The van der Waals surface area contributed by atoms with Crippen molar-refractivity contribution in [2.24, 2.45) is 11.8 Å². The highest BCUT2D eigenvalue weighted by Crippen LogP contribution is 2.15. The topological polar surface area (TPSA) is 42.0 Å². The molecule has 3 nitrogen and oxygen atoms in total. The van der Waals surface area contributed by atoms with Crippen molar-refractivity contribution >= 4 is 29.1 Å². The summed E-state index contributed by atoms with van der Waals surface area (Å²) >= 11 is 11.5. The molecule has 0 saturated carbocycles. The predicted molar refractivity (Wildman–Crippen MR) is 70.6 cm³/mol. The number of hydrogen-bond donors (Lipinski definition) is 1. The van der Waals surface area contributed by atoms with Crippen LogP contribution in [0.2, 0.25) is 10.3 Å². The van der Waals surface area contributed by atoms with Crippen LogP contribution in [0, 0.1) is 11.8 Å². The first-order valence-electron chi connectivity index (χ1n) is 5.51. The van der Waals surface area contributed by atoms with Gasteiger partial charge in [0.1, 0.15) is 10.3 Å². The van der Waals surface area contributed by atoms with Gasteiger partial charge in [0.15, 0.2) is 0 Å². The summed E-state index contributed by atoms with van der Waals surface area (Å²) in [7, 11) is 0. The Morgan fingerprint density at radius 1 is 1.29 bits per heavy atom. The lowest BCUT2D eigenvalue weighted by Crippen LogP contribution is -2.30. The fourth-order valence-corrected chi connectivity index (χ4v) is 1.65. The van der Waals surface area contributed by atoms with Gasteiger partial charge in [-0.05, 0) is 24.0 Å². The maximum atomic E-state index is 11.8. The Balaban J connectivity index is 2.64. The van der Waals surface area contributed by atoms with E-state index >= 15 is 0 Å². The predicted octanol–water partition coefficient (Wildman–Crippen LogP) is 3.41. The molecule has 0 bridgehead atoms. The van der Waals surface area contributed by atoms with Crippen molar-refractivity contribution in [3.05, 3.63) is 28.0 Å². The summed E-state index contributed by atoms with van der Waals surface area (Å²) in [6.07, 6.45) is 0. The molecule has 1 unspecified atom stereocenters. The van der Waals surface area contributed by atoms with Crippen molar-refractivity contribution in [2.45, 2.75) is 20.8 Å². The first-order valence-corrected chi connectivity index (χ1v) is 6.27. The fraction of sp³-hybridized carbons (Fsp3) is 0.500. The van der Waals surface area contributed by atoms with Crippen LogP contribution in [0.15, 0.2) is 12.1 Å². The van der Waals surface area contributed by atoms with E-state index in [9.17, 15) is 4.79 Å². The lowest BCUT2D eigenvalue weighted by Gasteiger charge is -2.16. The van der Waals surface area contributed by atoms with Crippen molar-refractivity contribution in [2.75, 3.05) is 6.54 Å². The summed E-state index contributed by atoms with van der Waals surface area (Å²) in [5.41, 5.74) is 0.436. The molecule has 0 saturated heterocycles. The number of carbonyl (C=O) groups excluding carboxylic acids is 1. The third-order valence-corrected chi connectivity index (χ3v) is 3.13. The third kappa shape index (κ3) is 4.52.